The highest BCUT2D eigenvalue weighted by molar-refractivity contribution is 5.85. The summed E-state index contributed by atoms with van der Waals surface area (Å²) < 4.78 is 0. The third-order valence-corrected chi connectivity index (χ3v) is 3.30. The predicted molar refractivity (Wildman–Crippen MR) is 70.5 cm³/mol. The molecule has 0 saturated carbocycles. The van der Waals surface area contributed by atoms with Crippen LogP contribution in [-0.2, 0) is 6.42 Å². The van der Waals surface area contributed by atoms with Gasteiger partial charge in [-0.25, -0.2) is 0 Å². The van der Waals surface area contributed by atoms with E-state index in [2.05, 4.69) is 49.4 Å². The zero-order valence-corrected chi connectivity index (χ0v) is 9.82. The molecule has 0 radical (unpaired) electrons. The van der Waals surface area contributed by atoms with Gasteiger partial charge in [-0.05, 0) is 35.2 Å². The van der Waals surface area contributed by atoms with E-state index in [1.807, 2.05) is 0 Å². The van der Waals surface area contributed by atoms with Crippen molar-refractivity contribution in [3.63, 3.8) is 0 Å². The summed E-state index contributed by atoms with van der Waals surface area (Å²) in [6.45, 7) is 2.99. The molecule has 0 aromatic heterocycles. The van der Waals surface area contributed by atoms with Crippen molar-refractivity contribution >= 4 is 10.8 Å². The van der Waals surface area contributed by atoms with Crippen LogP contribution in [0.2, 0.25) is 0 Å². The van der Waals surface area contributed by atoms with Crippen LogP contribution in [0.3, 0.4) is 0 Å². The molecule has 0 bridgehead atoms. The minimum atomic E-state index is 0.603. The summed E-state index contributed by atoms with van der Waals surface area (Å²) in [7, 11) is 0. The average Bonchev–Trinajstić information content (AvgIpc) is 2.36. The molecule has 1 heteroatoms. The fourth-order valence-electron chi connectivity index (χ4n) is 2.18. The molecule has 0 aliphatic carbocycles. The molecule has 0 aliphatic heterocycles. The standard InChI is InChI=1S/C15H19N/c1-2-12(11-16)10-14-8-5-7-13-6-3-4-9-15(13)14/h3-9,12H,2,10-11,16H2,1H3. The maximum atomic E-state index is 5.78. The van der Waals surface area contributed by atoms with E-state index in [0.717, 1.165) is 19.4 Å². The van der Waals surface area contributed by atoms with Crippen LogP contribution in [0.25, 0.3) is 10.8 Å². The Balaban J connectivity index is 2.36. The number of benzene rings is 2. The summed E-state index contributed by atoms with van der Waals surface area (Å²) in [5.41, 5.74) is 7.20. The van der Waals surface area contributed by atoms with Crippen molar-refractivity contribution in [2.45, 2.75) is 19.8 Å². The molecule has 2 aromatic carbocycles. The van der Waals surface area contributed by atoms with Crippen LogP contribution in [0.5, 0.6) is 0 Å². The maximum absolute atomic E-state index is 5.78. The quantitative estimate of drug-likeness (QED) is 0.828. The van der Waals surface area contributed by atoms with Crippen LogP contribution in [0, 0.1) is 5.92 Å². The van der Waals surface area contributed by atoms with E-state index in [4.69, 9.17) is 5.73 Å². The lowest BCUT2D eigenvalue weighted by Gasteiger charge is -2.13. The Labute approximate surface area is 97.3 Å². The van der Waals surface area contributed by atoms with Gasteiger partial charge in [-0.1, -0.05) is 55.8 Å². The first-order chi connectivity index (χ1) is 7.85. The molecule has 0 spiro atoms. The number of hydrogen-bond acceptors (Lipinski definition) is 1. The summed E-state index contributed by atoms with van der Waals surface area (Å²) >= 11 is 0. The smallest absolute Gasteiger partial charge is 0.00458 e. The first kappa shape index (κ1) is 11.2. The van der Waals surface area contributed by atoms with E-state index in [0.29, 0.717) is 5.92 Å². The molecular weight excluding hydrogens is 194 g/mol. The summed E-state index contributed by atoms with van der Waals surface area (Å²) in [6.07, 6.45) is 2.24. The van der Waals surface area contributed by atoms with Crippen molar-refractivity contribution in [3.05, 3.63) is 48.0 Å². The largest absolute Gasteiger partial charge is 0.330 e. The Kier molecular flexibility index (Phi) is 3.58. The molecule has 1 atom stereocenters. The van der Waals surface area contributed by atoms with E-state index in [9.17, 15) is 0 Å². The van der Waals surface area contributed by atoms with Crippen LogP contribution < -0.4 is 5.73 Å². The molecule has 0 amide bonds. The Morgan fingerprint density at radius 2 is 1.81 bits per heavy atom. The summed E-state index contributed by atoms with van der Waals surface area (Å²) in [6, 6.07) is 15.1. The third kappa shape index (κ3) is 2.25. The van der Waals surface area contributed by atoms with E-state index < -0.39 is 0 Å². The van der Waals surface area contributed by atoms with Crippen LogP contribution in [0.4, 0.5) is 0 Å². The van der Waals surface area contributed by atoms with Crippen LogP contribution in [-0.4, -0.2) is 6.54 Å². The lowest BCUT2D eigenvalue weighted by Crippen LogP contribution is -2.15. The highest BCUT2D eigenvalue weighted by Gasteiger charge is 2.07. The van der Waals surface area contributed by atoms with Crippen LogP contribution >= 0.6 is 0 Å². The second-order valence-electron chi connectivity index (χ2n) is 4.35. The zero-order valence-electron chi connectivity index (χ0n) is 9.82. The topological polar surface area (TPSA) is 26.0 Å². The molecule has 2 N–H and O–H groups in total. The van der Waals surface area contributed by atoms with Gasteiger partial charge < -0.3 is 5.73 Å². The second kappa shape index (κ2) is 5.13. The number of rotatable bonds is 4. The molecule has 1 nitrogen and oxygen atoms in total. The molecule has 0 aliphatic rings. The van der Waals surface area contributed by atoms with Gasteiger partial charge in [-0.15, -0.1) is 0 Å². The number of fused-ring (bicyclic) bond motifs is 1. The molecule has 2 rings (SSSR count). The van der Waals surface area contributed by atoms with E-state index in [-0.39, 0.29) is 0 Å². The molecule has 1 unspecified atom stereocenters. The summed E-state index contributed by atoms with van der Waals surface area (Å²) in [4.78, 5) is 0. The average molecular weight is 213 g/mol. The van der Waals surface area contributed by atoms with E-state index >= 15 is 0 Å². The first-order valence-electron chi connectivity index (χ1n) is 6.02. The van der Waals surface area contributed by atoms with Gasteiger partial charge in [-0.2, -0.15) is 0 Å². The normalized spacial score (nSPS) is 12.9. The highest BCUT2D eigenvalue weighted by Crippen LogP contribution is 2.21. The highest BCUT2D eigenvalue weighted by atomic mass is 14.5. The van der Waals surface area contributed by atoms with Gasteiger partial charge in [0.1, 0.15) is 0 Å². The van der Waals surface area contributed by atoms with Crippen molar-refractivity contribution in [2.75, 3.05) is 6.54 Å². The lowest BCUT2D eigenvalue weighted by atomic mass is 9.93. The Hall–Kier alpha value is -1.34. The minimum absolute atomic E-state index is 0.603. The van der Waals surface area contributed by atoms with Crippen molar-refractivity contribution in [3.8, 4) is 0 Å². The van der Waals surface area contributed by atoms with Crippen LogP contribution in [0.1, 0.15) is 18.9 Å². The Morgan fingerprint density at radius 3 is 2.56 bits per heavy atom. The molecule has 16 heavy (non-hydrogen) atoms. The van der Waals surface area contributed by atoms with Crippen molar-refractivity contribution in [2.24, 2.45) is 11.7 Å². The van der Waals surface area contributed by atoms with Gasteiger partial charge in [0.15, 0.2) is 0 Å². The van der Waals surface area contributed by atoms with Crippen LogP contribution in [0.15, 0.2) is 42.5 Å². The maximum Gasteiger partial charge on any atom is -0.00458 e. The first-order valence-corrected chi connectivity index (χ1v) is 6.02. The van der Waals surface area contributed by atoms with Gasteiger partial charge in [0.2, 0.25) is 0 Å². The van der Waals surface area contributed by atoms with Crippen molar-refractivity contribution in [1.29, 1.82) is 0 Å². The monoisotopic (exact) mass is 213 g/mol. The van der Waals surface area contributed by atoms with E-state index in [1.165, 1.54) is 16.3 Å². The fourth-order valence-corrected chi connectivity index (χ4v) is 2.18. The van der Waals surface area contributed by atoms with Gasteiger partial charge in [-0.3, -0.25) is 0 Å². The Morgan fingerprint density at radius 1 is 1.06 bits per heavy atom. The van der Waals surface area contributed by atoms with Gasteiger partial charge >= 0.3 is 0 Å². The molecule has 0 saturated heterocycles. The van der Waals surface area contributed by atoms with Gasteiger partial charge in [0.25, 0.3) is 0 Å². The molecule has 2 aromatic rings. The second-order valence-corrected chi connectivity index (χ2v) is 4.35. The molecule has 0 fully saturated rings. The fraction of sp³-hybridized carbons (Fsp3) is 0.333. The van der Waals surface area contributed by atoms with Gasteiger partial charge in [0.05, 0.1) is 0 Å². The number of nitrogens with two attached hydrogens (primary N) is 1. The van der Waals surface area contributed by atoms with Gasteiger partial charge in [0, 0.05) is 0 Å². The molecular formula is C15H19N. The summed E-state index contributed by atoms with van der Waals surface area (Å²) in [5.74, 6) is 0.603. The summed E-state index contributed by atoms with van der Waals surface area (Å²) in [5, 5.41) is 2.70. The minimum Gasteiger partial charge on any atom is -0.330 e. The zero-order chi connectivity index (χ0) is 11.4. The predicted octanol–water partition coefficient (Wildman–Crippen LogP) is 3.37. The number of hydrogen-bond donors (Lipinski definition) is 1. The Bertz CT molecular complexity index is 452. The molecule has 84 valence electrons. The molecule has 0 heterocycles. The SMILES string of the molecule is CCC(CN)Cc1cccc2ccccc12. The van der Waals surface area contributed by atoms with E-state index in [1.54, 1.807) is 0 Å². The lowest BCUT2D eigenvalue weighted by molar-refractivity contribution is 0.520. The van der Waals surface area contributed by atoms with Crippen molar-refractivity contribution in [1.82, 2.24) is 0 Å². The third-order valence-electron chi connectivity index (χ3n) is 3.30. The van der Waals surface area contributed by atoms with Crippen molar-refractivity contribution < 1.29 is 0 Å².